The number of rotatable bonds is 4. The zero-order chi connectivity index (χ0) is 13.0. The molecule has 18 heavy (non-hydrogen) atoms. The monoisotopic (exact) mass is 247 g/mol. The highest BCUT2D eigenvalue weighted by molar-refractivity contribution is 5.69. The van der Waals surface area contributed by atoms with E-state index in [1.807, 2.05) is 24.3 Å². The minimum atomic E-state index is -0.280. The average Bonchev–Trinajstić information content (AvgIpc) is 2.83. The standard InChI is InChI=1S/C12H13N3O3/c1-18-11(16)7-4-9-2-5-10(6-3-9)15-8-13-14-12(15)17/h2-3,5-6,8H,4,7H2,1H3,(H,14,17). The molecule has 6 nitrogen and oxygen atoms in total. The number of carbonyl (C=O) groups is 1. The van der Waals surface area contributed by atoms with Crippen molar-refractivity contribution < 1.29 is 9.53 Å². The second-order valence-electron chi connectivity index (χ2n) is 3.77. The van der Waals surface area contributed by atoms with Crippen LogP contribution in [0.25, 0.3) is 5.69 Å². The summed E-state index contributed by atoms with van der Waals surface area (Å²) >= 11 is 0. The van der Waals surface area contributed by atoms with E-state index in [4.69, 9.17) is 0 Å². The molecule has 0 saturated heterocycles. The number of H-pyrrole nitrogens is 1. The number of ether oxygens (including phenoxy) is 1. The van der Waals surface area contributed by atoms with Crippen molar-refractivity contribution in [2.75, 3.05) is 7.11 Å². The summed E-state index contributed by atoms with van der Waals surface area (Å²) in [5.41, 5.74) is 1.47. The fraction of sp³-hybridized carbons (Fsp3) is 0.250. The predicted octanol–water partition coefficient (Wildman–Crippen LogP) is 0.666. The molecule has 0 spiro atoms. The van der Waals surface area contributed by atoms with Crippen LogP contribution < -0.4 is 5.69 Å². The molecule has 1 N–H and O–H groups in total. The number of methoxy groups -OCH3 is 1. The Hall–Kier alpha value is -2.37. The van der Waals surface area contributed by atoms with Gasteiger partial charge in [-0.2, -0.15) is 5.10 Å². The number of aromatic amines is 1. The molecule has 0 unspecified atom stereocenters. The first-order valence-corrected chi connectivity index (χ1v) is 5.49. The summed E-state index contributed by atoms with van der Waals surface area (Å²) in [6, 6.07) is 7.36. The molecule has 2 aromatic rings. The summed E-state index contributed by atoms with van der Waals surface area (Å²) in [7, 11) is 1.37. The van der Waals surface area contributed by atoms with Crippen molar-refractivity contribution in [3.05, 3.63) is 46.6 Å². The Balaban J connectivity index is 2.09. The van der Waals surface area contributed by atoms with Crippen LogP contribution in [0.1, 0.15) is 12.0 Å². The van der Waals surface area contributed by atoms with Gasteiger partial charge in [0, 0.05) is 6.42 Å². The van der Waals surface area contributed by atoms with Crippen molar-refractivity contribution in [3.8, 4) is 5.69 Å². The Morgan fingerprint density at radius 2 is 2.11 bits per heavy atom. The van der Waals surface area contributed by atoms with Gasteiger partial charge < -0.3 is 4.74 Å². The van der Waals surface area contributed by atoms with E-state index in [0.29, 0.717) is 12.8 Å². The van der Waals surface area contributed by atoms with E-state index in [1.165, 1.54) is 18.0 Å². The first kappa shape index (κ1) is 12.1. The molecule has 0 fully saturated rings. The van der Waals surface area contributed by atoms with Crippen LogP contribution >= 0.6 is 0 Å². The maximum atomic E-state index is 11.3. The van der Waals surface area contributed by atoms with E-state index in [0.717, 1.165) is 11.3 Å². The van der Waals surface area contributed by atoms with Gasteiger partial charge >= 0.3 is 11.7 Å². The van der Waals surface area contributed by atoms with E-state index in [-0.39, 0.29) is 11.7 Å². The van der Waals surface area contributed by atoms with Crippen molar-refractivity contribution in [3.63, 3.8) is 0 Å². The van der Waals surface area contributed by atoms with Gasteiger partial charge in [-0.3, -0.25) is 4.79 Å². The summed E-state index contributed by atoms with van der Waals surface area (Å²) in [5, 5.41) is 5.98. The smallest absolute Gasteiger partial charge is 0.347 e. The normalized spacial score (nSPS) is 10.3. The molecule has 1 aromatic heterocycles. The van der Waals surface area contributed by atoms with E-state index >= 15 is 0 Å². The zero-order valence-corrected chi connectivity index (χ0v) is 9.92. The maximum Gasteiger partial charge on any atom is 0.347 e. The lowest BCUT2D eigenvalue weighted by atomic mass is 10.1. The van der Waals surface area contributed by atoms with E-state index in [2.05, 4.69) is 14.9 Å². The lowest BCUT2D eigenvalue weighted by Gasteiger charge is -2.03. The summed E-state index contributed by atoms with van der Waals surface area (Å²) in [6.07, 6.45) is 2.39. The predicted molar refractivity (Wildman–Crippen MR) is 64.5 cm³/mol. The highest BCUT2D eigenvalue weighted by atomic mass is 16.5. The molecule has 2 rings (SSSR count). The molecule has 1 heterocycles. The summed E-state index contributed by atoms with van der Waals surface area (Å²) in [5.74, 6) is -0.231. The number of aromatic nitrogens is 3. The average molecular weight is 247 g/mol. The number of hydrogen-bond acceptors (Lipinski definition) is 4. The lowest BCUT2D eigenvalue weighted by Crippen LogP contribution is -2.13. The van der Waals surface area contributed by atoms with E-state index in [9.17, 15) is 9.59 Å². The molecule has 0 aliphatic carbocycles. The van der Waals surface area contributed by atoms with Crippen LogP contribution in [0.3, 0.4) is 0 Å². The molecule has 0 aliphatic rings. The van der Waals surface area contributed by atoms with Crippen molar-refractivity contribution in [1.82, 2.24) is 14.8 Å². The van der Waals surface area contributed by atoms with Crippen LogP contribution in [0, 0.1) is 0 Å². The van der Waals surface area contributed by atoms with E-state index in [1.54, 1.807) is 0 Å². The molecule has 94 valence electrons. The lowest BCUT2D eigenvalue weighted by molar-refractivity contribution is -0.140. The van der Waals surface area contributed by atoms with Crippen molar-refractivity contribution in [2.45, 2.75) is 12.8 Å². The quantitative estimate of drug-likeness (QED) is 0.805. The summed E-state index contributed by atoms with van der Waals surface area (Å²) < 4.78 is 5.98. The van der Waals surface area contributed by atoms with Crippen LogP contribution in [0.5, 0.6) is 0 Å². The second kappa shape index (κ2) is 5.31. The minimum Gasteiger partial charge on any atom is -0.469 e. The van der Waals surface area contributed by atoms with Crippen LogP contribution in [-0.2, 0) is 16.0 Å². The van der Waals surface area contributed by atoms with Crippen molar-refractivity contribution >= 4 is 5.97 Å². The number of hydrogen-bond donors (Lipinski definition) is 1. The number of benzene rings is 1. The highest BCUT2D eigenvalue weighted by Crippen LogP contribution is 2.09. The number of aryl methyl sites for hydroxylation is 1. The number of nitrogens with zero attached hydrogens (tertiary/aromatic N) is 2. The molecule has 0 radical (unpaired) electrons. The van der Waals surface area contributed by atoms with Crippen LogP contribution in [0.2, 0.25) is 0 Å². The topological polar surface area (TPSA) is 77.0 Å². The van der Waals surface area contributed by atoms with Gasteiger partial charge in [-0.15, -0.1) is 0 Å². The molecule has 0 aliphatic heterocycles. The van der Waals surface area contributed by atoms with Crippen LogP contribution in [-0.4, -0.2) is 27.8 Å². The van der Waals surface area contributed by atoms with Gasteiger partial charge in [0.15, 0.2) is 0 Å². The molecule has 0 amide bonds. The molecule has 6 heteroatoms. The second-order valence-corrected chi connectivity index (χ2v) is 3.77. The molecule has 1 aromatic carbocycles. The van der Waals surface area contributed by atoms with E-state index < -0.39 is 0 Å². The Labute approximate surface area is 103 Å². The van der Waals surface area contributed by atoms with Gasteiger partial charge in [-0.25, -0.2) is 14.5 Å². The first-order chi connectivity index (χ1) is 8.70. The first-order valence-electron chi connectivity index (χ1n) is 5.49. The van der Waals surface area contributed by atoms with Gasteiger partial charge in [0.05, 0.1) is 12.8 Å². The molecule has 0 bridgehead atoms. The van der Waals surface area contributed by atoms with Gasteiger partial charge in [0.1, 0.15) is 6.33 Å². The van der Waals surface area contributed by atoms with Gasteiger partial charge in [0.25, 0.3) is 0 Å². The number of carbonyl (C=O) groups excluding carboxylic acids is 1. The Bertz CT molecular complexity index is 583. The molecular formula is C12H13N3O3. The fourth-order valence-corrected chi connectivity index (χ4v) is 1.60. The molecule has 0 saturated carbocycles. The number of nitrogens with one attached hydrogen (secondary N) is 1. The third kappa shape index (κ3) is 2.65. The summed E-state index contributed by atoms with van der Waals surface area (Å²) in [6.45, 7) is 0. The number of esters is 1. The maximum absolute atomic E-state index is 11.3. The van der Waals surface area contributed by atoms with Crippen molar-refractivity contribution in [1.29, 1.82) is 0 Å². The highest BCUT2D eigenvalue weighted by Gasteiger charge is 2.03. The minimum absolute atomic E-state index is 0.231. The van der Waals surface area contributed by atoms with Gasteiger partial charge in [-0.1, -0.05) is 12.1 Å². The van der Waals surface area contributed by atoms with Gasteiger partial charge in [-0.05, 0) is 24.1 Å². The third-order valence-electron chi connectivity index (χ3n) is 2.61. The molecule has 0 atom stereocenters. The Morgan fingerprint density at radius 1 is 1.39 bits per heavy atom. The third-order valence-corrected chi connectivity index (χ3v) is 2.61. The summed E-state index contributed by atoms with van der Waals surface area (Å²) in [4.78, 5) is 22.3. The van der Waals surface area contributed by atoms with Crippen LogP contribution in [0.4, 0.5) is 0 Å². The molecular weight excluding hydrogens is 234 g/mol. The van der Waals surface area contributed by atoms with Gasteiger partial charge in [0.2, 0.25) is 0 Å². The van der Waals surface area contributed by atoms with Crippen LogP contribution in [0.15, 0.2) is 35.4 Å². The Kier molecular flexibility index (Phi) is 3.57. The van der Waals surface area contributed by atoms with Crippen molar-refractivity contribution in [2.24, 2.45) is 0 Å². The Morgan fingerprint density at radius 3 is 2.67 bits per heavy atom. The SMILES string of the molecule is COC(=O)CCc1ccc(-n2cn[nH]c2=O)cc1. The largest absolute Gasteiger partial charge is 0.469 e. The zero-order valence-electron chi connectivity index (χ0n) is 9.92. The fourth-order valence-electron chi connectivity index (χ4n) is 1.60.